The molecule has 0 atom stereocenters. The Morgan fingerprint density at radius 3 is 2.41 bits per heavy atom. The summed E-state index contributed by atoms with van der Waals surface area (Å²) in [5, 5.41) is 14.4. The standard InChI is InChI=1S/C16H16Cl2N4/c1-8(2)15-10(4)22-16(20-19-15)14(9(3)21-22)11-5-6-12(17)13(18)7-11/h5-8H,1-4H3. The Morgan fingerprint density at radius 2 is 1.77 bits per heavy atom. The lowest BCUT2D eigenvalue weighted by Gasteiger charge is -2.08. The Balaban J connectivity index is 2.29. The summed E-state index contributed by atoms with van der Waals surface area (Å²) in [6.45, 7) is 8.17. The molecule has 0 N–H and O–H groups in total. The van der Waals surface area contributed by atoms with Crippen molar-refractivity contribution in [2.75, 3.05) is 0 Å². The van der Waals surface area contributed by atoms with Crippen LogP contribution in [0.15, 0.2) is 18.2 Å². The Labute approximate surface area is 139 Å². The third-order valence-electron chi connectivity index (χ3n) is 3.73. The van der Waals surface area contributed by atoms with Crippen molar-refractivity contribution < 1.29 is 0 Å². The Morgan fingerprint density at radius 1 is 1.05 bits per heavy atom. The average molecular weight is 335 g/mol. The molecular formula is C16H16Cl2N4. The van der Waals surface area contributed by atoms with Crippen molar-refractivity contribution in [3.8, 4) is 11.1 Å². The van der Waals surface area contributed by atoms with Gasteiger partial charge in [0.05, 0.1) is 32.7 Å². The predicted molar refractivity (Wildman–Crippen MR) is 89.8 cm³/mol. The second-order valence-electron chi connectivity index (χ2n) is 5.65. The van der Waals surface area contributed by atoms with Gasteiger partial charge in [0.1, 0.15) is 0 Å². The van der Waals surface area contributed by atoms with Crippen LogP contribution in [-0.4, -0.2) is 19.8 Å². The Hall–Kier alpha value is -1.65. The van der Waals surface area contributed by atoms with Gasteiger partial charge in [0.25, 0.3) is 0 Å². The van der Waals surface area contributed by atoms with E-state index in [-0.39, 0.29) is 0 Å². The molecule has 22 heavy (non-hydrogen) atoms. The highest BCUT2D eigenvalue weighted by atomic mass is 35.5. The van der Waals surface area contributed by atoms with E-state index >= 15 is 0 Å². The maximum absolute atomic E-state index is 6.14. The van der Waals surface area contributed by atoms with Gasteiger partial charge < -0.3 is 0 Å². The molecule has 0 bridgehead atoms. The number of benzene rings is 1. The molecule has 1 aromatic carbocycles. The number of rotatable bonds is 2. The smallest absolute Gasteiger partial charge is 0.185 e. The molecule has 0 radical (unpaired) electrons. The largest absolute Gasteiger partial charge is 0.215 e. The van der Waals surface area contributed by atoms with Crippen LogP contribution in [0.25, 0.3) is 16.8 Å². The molecule has 3 aromatic rings. The summed E-state index contributed by atoms with van der Waals surface area (Å²) >= 11 is 12.1. The number of aromatic nitrogens is 4. The van der Waals surface area contributed by atoms with Crippen molar-refractivity contribution >= 4 is 28.8 Å². The third-order valence-corrected chi connectivity index (χ3v) is 4.47. The molecule has 2 aromatic heterocycles. The fraction of sp³-hybridized carbons (Fsp3) is 0.312. The van der Waals surface area contributed by atoms with E-state index in [4.69, 9.17) is 23.2 Å². The number of halogens is 2. The summed E-state index contributed by atoms with van der Waals surface area (Å²) in [7, 11) is 0. The van der Waals surface area contributed by atoms with E-state index in [1.165, 1.54) is 0 Å². The second kappa shape index (κ2) is 5.52. The first-order valence-corrected chi connectivity index (χ1v) is 7.83. The maximum atomic E-state index is 6.14. The SMILES string of the molecule is Cc1nn2c(C)c(C(C)C)nnc2c1-c1ccc(Cl)c(Cl)c1. The first-order valence-electron chi connectivity index (χ1n) is 7.08. The molecule has 0 aliphatic heterocycles. The van der Waals surface area contributed by atoms with Crippen LogP contribution in [0.4, 0.5) is 0 Å². The van der Waals surface area contributed by atoms with Gasteiger partial charge in [-0.2, -0.15) is 10.2 Å². The molecule has 0 fully saturated rings. The van der Waals surface area contributed by atoms with Gasteiger partial charge in [-0.25, -0.2) is 4.52 Å². The molecule has 2 heterocycles. The zero-order valence-electron chi connectivity index (χ0n) is 12.9. The van der Waals surface area contributed by atoms with Crippen LogP contribution in [0, 0.1) is 13.8 Å². The Kier molecular flexibility index (Phi) is 3.83. The molecule has 0 unspecified atom stereocenters. The summed E-state index contributed by atoms with van der Waals surface area (Å²) in [4.78, 5) is 0. The van der Waals surface area contributed by atoms with Gasteiger partial charge in [-0.3, -0.25) is 0 Å². The van der Waals surface area contributed by atoms with Gasteiger partial charge in [0, 0.05) is 0 Å². The summed E-state index contributed by atoms with van der Waals surface area (Å²) in [5.74, 6) is 0.301. The number of fused-ring (bicyclic) bond motifs is 1. The van der Waals surface area contributed by atoms with Gasteiger partial charge in [0.15, 0.2) is 5.65 Å². The quantitative estimate of drug-likeness (QED) is 0.673. The van der Waals surface area contributed by atoms with Crippen LogP contribution in [-0.2, 0) is 0 Å². The highest BCUT2D eigenvalue weighted by Crippen LogP contribution is 2.32. The molecule has 0 spiro atoms. The lowest BCUT2D eigenvalue weighted by atomic mass is 10.1. The molecule has 3 rings (SSSR count). The van der Waals surface area contributed by atoms with E-state index in [1.807, 2.05) is 30.5 Å². The highest BCUT2D eigenvalue weighted by Gasteiger charge is 2.18. The monoisotopic (exact) mass is 334 g/mol. The van der Waals surface area contributed by atoms with Gasteiger partial charge in [-0.1, -0.05) is 43.1 Å². The molecule has 4 nitrogen and oxygen atoms in total. The van der Waals surface area contributed by atoms with Crippen molar-refractivity contribution in [3.63, 3.8) is 0 Å². The van der Waals surface area contributed by atoms with Crippen LogP contribution in [0.1, 0.15) is 36.8 Å². The fourth-order valence-corrected chi connectivity index (χ4v) is 2.94. The van der Waals surface area contributed by atoms with Crippen molar-refractivity contribution in [2.45, 2.75) is 33.6 Å². The summed E-state index contributed by atoms with van der Waals surface area (Å²) in [6, 6.07) is 5.54. The van der Waals surface area contributed by atoms with E-state index in [0.29, 0.717) is 16.0 Å². The van der Waals surface area contributed by atoms with E-state index in [0.717, 1.165) is 33.9 Å². The van der Waals surface area contributed by atoms with Gasteiger partial charge in [-0.15, -0.1) is 5.10 Å². The predicted octanol–water partition coefficient (Wildman–Crippen LogP) is 4.84. The molecule has 0 saturated heterocycles. The van der Waals surface area contributed by atoms with Gasteiger partial charge >= 0.3 is 0 Å². The second-order valence-corrected chi connectivity index (χ2v) is 6.46. The zero-order chi connectivity index (χ0) is 16.0. The zero-order valence-corrected chi connectivity index (χ0v) is 14.4. The Bertz CT molecular complexity index is 868. The van der Waals surface area contributed by atoms with Crippen LogP contribution in [0.3, 0.4) is 0 Å². The minimum absolute atomic E-state index is 0.301. The summed E-state index contributed by atoms with van der Waals surface area (Å²) in [5.41, 5.74) is 5.46. The highest BCUT2D eigenvalue weighted by molar-refractivity contribution is 6.42. The van der Waals surface area contributed by atoms with Gasteiger partial charge in [0.2, 0.25) is 0 Å². The van der Waals surface area contributed by atoms with E-state index in [1.54, 1.807) is 6.07 Å². The van der Waals surface area contributed by atoms with Crippen molar-refractivity contribution in [1.29, 1.82) is 0 Å². The van der Waals surface area contributed by atoms with E-state index in [2.05, 4.69) is 29.1 Å². The maximum Gasteiger partial charge on any atom is 0.185 e. The minimum atomic E-state index is 0.301. The van der Waals surface area contributed by atoms with Gasteiger partial charge in [-0.05, 0) is 37.5 Å². The van der Waals surface area contributed by atoms with Crippen LogP contribution in [0.5, 0.6) is 0 Å². The molecular weight excluding hydrogens is 319 g/mol. The molecule has 0 saturated carbocycles. The van der Waals surface area contributed by atoms with E-state index in [9.17, 15) is 0 Å². The molecule has 0 amide bonds. The van der Waals surface area contributed by atoms with Crippen LogP contribution in [0.2, 0.25) is 10.0 Å². The lowest BCUT2D eigenvalue weighted by Crippen LogP contribution is -2.06. The number of nitrogens with zero attached hydrogens (tertiary/aromatic N) is 4. The normalized spacial score (nSPS) is 11.6. The number of hydrogen-bond acceptors (Lipinski definition) is 3. The average Bonchev–Trinajstić information content (AvgIpc) is 2.79. The first kappa shape index (κ1) is 15.3. The molecule has 0 aliphatic carbocycles. The van der Waals surface area contributed by atoms with Crippen molar-refractivity contribution in [2.24, 2.45) is 0 Å². The summed E-state index contributed by atoms with van der Waals surface area (Å²) < 4.78 is 1.86. The summed E-state index contributed by atoms with van der Waals surface area (Å²) in [6.07, 6.45) is 0. The number of aryl methyl sites for hydroxylation is 2. The van der Waals surface area contributed by atoms with Crippen LogP contribution >= 0.6 is 23.2 Å². The van der Waals surface area contributed by atoms with Crippen LogP contribution < -0.4 is 0 Å². The lowest BCUT2D eigenvalue weighted by molar-refractivity contribution is 0.726. The fourth-order valence-electron chi connectivity index (χ4n) is 2.65. The molecule has 0 aliphatic rings. The minimum Gasteiger partial charge on any atom is -0.215 e. The van der Waals surface area contributed by atoms with E-state index < -0.39 is 0 Å². The molecule has 114 valence electrons. The number of hydrogen-bond donors (Lipinski definition) is 0. The third kappa shape index (κ3) is 2.36. The topological polar surface area (TPSA) is 43.1 Å². The first-order chi connectivity index (χ1) is 10.4. The van der Waals surface area contributed by atoms with Crippen molar-refractivity contribution in [3.05, 3.63) is 45.3 Å². The molecule has 6 heteroatoms. The van der Waals surface area contributed by atoms with Crippen molar-refractivity contribution in [1.82, 2.24) is 19.8 Å².